The first-order valence-electron chi connectivity index (χ1n) is 10.1. The highest BCUT2D eigenvalue weighted by atomic mass is 16.5. The number of ether oxygens (including phenoxy) is 1. The van der Waals surface area contributed by atoms with Crippen LogP contribution in [0.2, 0.25) is 0 Å². The minimum Gasteiger partial charge on any atom is -0.489 e. The molecule has 0 saturated carbocycles. The lowest BCUT2D eigenvalue weighted by molar-refractivity contribution is 0.00589. The van der Waals surface area contributed by atoms with Gasteiger partial charge in [0.1, 0.15) is 12.4 Å². The van der Waals surface area contributed by atoms with Crippen molar-refractivity contribution in [1.82, 2.24) is 4.90 Å². The summed E-state index contributed by atoms with van der Waals surface area (Å²) in [6.07, 6.45) is 3.97. The van der Waals surface area contributed by atoms with Gasteiger partial charge >= 0.3 is 0 Å². The van der Waals surface area contributed by atoms with E-state index in [-0.39, 0.29) is 17.6 Å². The second kappa shape index (κ2) is 7.84. The van der Waals surface area contributed by atoms with Gasteiger partial charge in [0.15, 0.2) is 0 Å². The SMILES string of the molecule is CC1(CCCCc2ccccc2)COc2ccc(C(=O)N3CC(O)C3)cc2N1. The molecule has 0 aromatic heterocycles. The molecule has 28 heavy (non-hydrogen) atoms. The van der Waals surface area contributed by atoms with E-state index in [4.69, 9.17) is 4.74 Å². The summed E-state index contributed by atoms with van der Waals surface area (Å²) < 4.78 is 5.98. The lowest BCUT2D eigenvalue weighted by Crippen LogP contribution is -2.53. The number of hydrogen-bond acceptors (Lipinski definition) is 4. The molecule has 1 unspecified atom stereocenters. The number of unbranched alkanes of at least 4 members (excludes halogenated alkanes) is 1. The number of likely N-dealkylation sites (tertiary alicyclic amines) is 1. The average molecular weight is 380 g/mol. The van der Waals surface area contributed by atoms with Crippen LogP contribution < -0.4 is 10.1 Å². The van der Waals surface area contributed by atoms with Crippen molar-refractivity contribution in [1.29, 1.82) is 0 Å². The third-order valence-corrected chi connectivity index (χ3v) is 5.65. The van der Waals surface area contributed by atoms with Crippen LogP contribution in [-0.4, -0.2) is 47.3 Å². The van der Waals surface area contributed by atoms with E-state index in [1.54, 1.807) is 11.0 Å². The number of rotatable bonds is 6. The molecule has 0 aliphatic carbocycles. The number of aliphatic hydroxyl groups is 1. The normalized spacial score (nSPS) is 21.3. The molecule has 0 spiro atoms. The standard InChI is InChI=1S/C23H28N2O3/c1-23(12-6-5-9-17-7-3-2-4-8-17)16-28-21-11-10-18(13-20(21)24-23)22(27)25-14-19(26)15-25/h2-4,7-8,10-11,13,19,24,26H,5-6,9,12,14-16H2,1H3. The number of carbonyl (C=O) groups is 1. The lowest BCUT2D eigenvalue weighted by Gasteiger charge is -2.38. The second-order valence-corrected chi connectivity index (χ2v) is 8.24. The van der Waals surface area contributed by atoms with Crippen molar-refractivity contribution in [3.63, 3.8) is 0 Å². The molecule has 2 heterocycles. The number of aliphatic hydroxyl groups excluding tert-OH is 1. The van der Waals surface area contributed by atoms with Crippen LogP contribution in [0, 0.1) is 0 Å². The van der Waals surface area contributed by atoms with Crippen LogP contribution in [0.1, 0.15) is 42.1 Å². The Balaban J connectivity index is 1.34. The Morgan fingerprint density at radius 2 is 2.00 bits per heavy atom. The van der Waals surface area contributed by atoms with Crippen molar-refractivity contribution < 1.29 is 14.6 Å². The molecule has 2 aromatic rings. The molecule has 2 aliphatic heterocycles. The van der Waals surface area contributed by atoms with Crippen LogP contribution in [0.5, 0.6) is 5.75 Å². The molecule has 5 nitrogen and oxygen atoms in total. The molecule has 1 fully saturated rings. The van der Waals surface area contributed by atoms with Gasteiger partial charge in [0.25, 0.3) is 5.91 Å². The summed E-state index contributed by atoms with van der Waals surface area (Å²) in [4.78, 5) is 14.2. The Kier molecular flexibility index (Phi) is 5.27. The number of hydrogen-bond donors (Lipinski definition) is 2. The quantitative estimate of drug-likeness (QED) is 0.753. The van der Waals surface area contributed by atoms with Gasteiger partial charge in [0.05, 0.1) is 17.3 Å². The molecule has 148 valence electrons. The zero-order valence-corrected chi connectivity index (χ0v) is 16.4. The molecular formula is C23H28N2O3. The monoisotopic (exact) mass is 380 g/mol. The number of anilines is 1. The first kappa shape index (κ1) is 18.8. The van der Waals surface area contributed by atoms with Gasteiger partial charge in [-0.2, -0.15) is 0 Å². The van der Waals surface area contributed by atoms with Crippen LogP contribution in [0.4, 0.5) is 5.69 Å². The lowest BCUT2D eigenvalue weighted by atomic mass is 9.92. The van der Waals surface area contributed by atoms with Crippen LogP contribution in [0.3, 0.4) is 0 Å². The van der Waals surface area contributed by atoms with Gasteiger partial charge in [-0.1, -0.05) is 36.8 Å². The van der Waals surface area contributed by atoms with Crippen molar-refractivity contribution >= 4 is 11.6 Å². The fourth-order valence-electron chi connectivity index (χ4n) is 3.91. The number of aryl methyl sites for hydroxylation is 1. The number of amides is 1. The van der Waals surface area contributed by atoms with Crippen LogP contribution in [0.15, 0.2) is 48.5 Å². The van der Waals surface area contributed by atoms with Gasteiger partial charge in [0, 0.05) is 18.7 Å². The second-order valence-electron chi connectivity index (χ2n) is 8.24. The number of nitrogens with one attached hydrogen (secondary N) is 1. The highest BCUT2D eigenvalue weighted by Crippen LogP contribution is 2.35. The fourth-order valence-corrected chi connectivity index (χ4v) is 3.91. The minimum atomic E-state index is -0.387. The summed E-state index contributed by atoms with van der Waals surface area (Å²) in [5, 5.41) is 13.0. The minimum absolute atomic E-state index is 0.0370. The van der Waals surface area contributed by atoms with E-state index >= 15 is 0 Å². The average Bonchev–Trinajstić information content (AvgIpc) is 2.68. The topological polar surface area (TPSA) is 61.8 Å². The van der Waals surface area contributed by atoms with Crippen molar-refractivity contribution in [3.05, 3.63) is 59.7 Å². The van der Waals surface area contributed by atoms with E-state index in [0.717, 1.165) is 37.1 Å². The highest BCUT2D eigenvalue weighted by Gasteiger charge is 2.33. The van der Waals surface area contributed by atoms with Crippen LogP contribution >= 0.6 is 0 Å². The smallest absolute Gasteiger partial charge is 0.254 e. The van der Waals surface area contributed by atoms with Gasteiger partial charge in [-0.3, -0.25) is 4.79 Å². The molecule has 1 amide bonds. The molecular weight excluding hydrogens is 352 g/mol. The summed E-state index contributed by atoms with van der Waals surface area (Å²) in [5.74, 6) is 0.756. The third-order valence-electron chi connectivity index (χ3n) is 5.65. The Bertz CT molecular complexity index is 833. The van der Waals surface area contributed by atoms with E-state index in [0.29, 0.717) is 25.3 Å². The molecule has 2 N–H and O–H groups in total. The van der Waals surface area contributed by atoms with E-state index in [1.807, 2.05) is 18.2 Å². The summed E-state index contributed by atoms with van der Waals surface area (Å²) in [6.45, 7) is 3.63. The predicted molar refractivity (Wildman–Crippen MR) is 110 cm³/mol. The van der Waals surface area contributed by atoms with E-state index < -0.39 is 0 Å². The molecule has 1 atom stereocenters. The summed E-state index contributed by atoms with van der Waals surface area (Å²) >= 11 is 0. The molecule has 2 aliphatic rings. The first-order chi connectivity index (χ1) is 13.5. The zero-order chi connectivity index (χ0) is 19.6. The highest BCUT2D eigenvalue weighted by molar-refractivity contribution is 5.96. The van der Waals surface area contributed by atoms with E-state index in [1.165, 1.54) is 5.56 Å². The molecule has 1 saturated heterocycles. The van der Waals surface area contributed by atoms with Crippen molar-refractivity contribution in [2.45, 2.75) is 44.2 Å². The molecule has 5 heteroatoms. The maximum atomic E-state index is 12.5. The van der Waals surface area contributed by atoms with Crippen molar-refractivity contribution in [2.75, 3.05) is 25.0 Å². The van der Waals surface area contributed by atoms with Crippen molar-refractivity contribution in [3.8, 4) is 5.75 Å². The van der Waals surface area contributed by atoms with Gasteiger partial charge in [-0.25, -0.2) is 0 Å². The number of nitrogens with zero attached hydrogens (tertiary/aromatic N) is 1. The zero-order valence-electron chi connectivity index (χ0n) is 16.4. The maximum Gasteiger partial charge on any atom is 0.254 e. The van der Waals surface area contributed by atoms with Crippen molar-refractivity contribution in [2.24, 2.45) is 0 Å². The summed E-state index contributed by atoms with van der Waals surface area (Å²) in [6, 6.07) is 16.1. The van der Waals surface area contributed by atoms with Crippen LogP contribution in [0.25, 0.3) is 0 Å². The third kappa shape index (κ3) is 4.14. The van der Waals surface area contributed by atoms with Crippen LogP contribution in [-0.2, 0) is 6.42 Å². The largest absolute Gasteiger partial charge is 0.489 e. The molecule has 0 bridgehead atoms. The number of β-amino-alcohol motifs (C(OH)–C–C–N with tert-alkyl or cyclic N) is 1. The maximum absolute atomic E-state index is 12.5. The predicted octanol–water partition coefficient (Wildman–Crippen LogP) is 3.48. The number of benzene rings is 2. The fraction of sp³-hybridized carbons (Fsp3) is 0.435. The summed E-state index contributed by atoms with van der Waals surface area (Å²) in [5.41, 5.74) is 2.75. The number of fused-ring (bicyclic) bond motifs is 1. The molecule has 0 radical (unpaired) electrons. The Labute approximate surface area is 166 Å². The van der Waals surface area contributed by atoms with E-state index in [9.17, 15) is 9.90 Å². The van der Waals surface area contributed by atoms with Gasteiger partial charge in [-0.05, 0) is 49.9 Å². The Morgan fingerprint density at radius 1 is 1.21 bits per heavy atom. The number of carbonyl (C=O) groups excluding carboxylic acids is 1. The Hall–Kier alpha value is -2.53. The molecule has 4 rings (SSSR count). The Morgan fingerprint density at radius 3 is 2.75 bits per heavy atom. The van der Waals surface area contributed by atoms with Gasteiger partial charge in [-0.15, -0.1) is 0 Å². The molecule has 2 aromatic carbocycles. The van der Waals surface area contributed by atoms with E-state index in [2.05, 4.69) is 36.5 Å². The van der Waals surface area contributed by atoms with Gasteiger partial charge in [0.2, 0.25) is 0 Å². The van der Waals surface area contributed by atoms with Gasteiger partial charge < -0.3 is 20.1 Å². The summed E-state index contributed by atoms with van der Waals surface area (Å²) in [7, 11) is 0. The first-order valence-corrected chi connectivity index (χ1v) is 10.1.